The number of aromatic nitrogens is 2. The summed E-state index contributed by atoms with van der Waals surface area (Å²) in [5.74, 6) is -1.66. The number of pyridine rings is 1. The standard InChI is InChI=1S/C25H20Cl2F2N4O2/c1-13(34)31-10-16-6-22(28)15(5-20(16)26)2-14-3-18(9-30-8-14)25(35)33-11-17-4-19-21(27)12-32-24(19)7-23(17)29/h3-9,12,32H,2,10-11H2,1H3,(H,31,34)(H,33,35). The molecule has 0 aliphatic heterocycles. The molecule has 0 fully saturated rings. The zero-order chi connectivity index (χ0) is 25.1. The number of nitrogens with zero attached hydrogens (tertiary/aromatic N) is 1. The molecule has 2 aromatic heterocycles. The van der Waals surface area contributed by atoms with Gasteiger partial charge in [-0.15, -0.1) is 0 Å². The van der Waals surface area contributed by atoms with Crippen molar-refractivity contribution in [3.8, 4) is 0 Å². The zero-order valence-electron chi connectivity index (χ0n) is 18.5. The number of aromatic amines is 1. The van der Waals surface area contributed by atoms with Crippen molar-refractivity contribution in [1.29, 1.82) is 0 Å². The first-order valence-corrected chi connectivity index (χ1v) is 11.3. The average molecular weight is 517 g/mol. The van der Waals surface area contributed by atoms with Crippen molar-refractivity contribution in [2.24, 2.45) is 0 Å². The van der Waals surface area contributed by atoms with Gasteiger partial charge in [0.05, 0.1) is 10.6 Å². The Morgan fingerprint density at radius 3 is 2.43 bits per heavy atom. The summed E-state index contributed by atoms with van der Waals surface area (Å²) in [4.78, 5) is 30.7. The molecule has 2 heterocycles. The number of amides is 2. The van der Waals surface area contributed by atoms with E-state index in [1.807, 2.05) is 0 Å². The Bertz CT molecular complexity index is 1440. The Balaban J connectivity index is 1.46. The summed E-state index contributed by atoms with van der Waals surface area (Å²) in [6.45, 7) is 1.43. The molecule has 0 radical (unpaired) electrons. The molecule has 2 amide bonds. The summed E-state index contributed by atoms with van der Waals surface area (Å²) in [5.41, 5.74) is 2.47. The highest BCUT2D eigenvalue weighted by atomic mass is 35.5. The second-order valence-electron chi connectivity index (χ2n) is 8.01. The van der Waals surface area contributed by atoms with Gasteiger partial charge in [-0.25, -0.2) is 8.78 Å². The molecule has 0 aliphatic rings. The highest BCUT2D eigenvalue weighted by Gasteiger charge is 2.14. The van der Waals surface area contributed by atoms with Gasteiger partial charge in [0.15, 0.2) is 0 Å². The van der Waals surface area contributed by atoms with Crippen LogP contribution < -0.4 is 10.6 Å². The fourth-order valence-electron chi connectivity index (χ4n) is 3.62. The number of H-pyrrole nitrogens is 1. The minimum atomic E-state index is -0.487. The molecule has 0 atom stereocenters. The maximum Gasteiger partial charge on any atom is 0.253 e. The van der Waals surface area contributed by atoms with Crippen molar-refractivity contribution >= 4 is 45.9 Å². The minimum absolute atomic E-state index is 0.0493. The quantitative estimate of drug-likeness (QED) is 0.311. The van der Waals surface area contributed by atoms with Crippen LogP contribution in [0.15, 0.2) is 48.9 Å². The Labute approximate surface area is 209 Å². The van der Waals surface area contributed by atoms with Crippen LogP contribution in [0.3, 0.4) is 0 Å². The van der Waals surface area contributed by atoms with Crippen LogP contribution in [0.2, 0.25) is 10.0 Å². The topological polar surface area (TPSA) is 86.9 Å². The van der Waals surface area contributed by atoms with Gasteiger partial charge in [0.1, 0.15) is 11.6 Å². The summed E-state index contributed by atoms with van der Waals surface area (Å²) in [7, 11) is 0. The van der Waals surface area contributed by atoms with Gasteiger partial charge in [-0.05, 0) is 47.0 Å². The first kappa shape index (κ1) is 24.6. The Morgan fingerprint density at radius 1 is 0.914 bits per heavy atom. The highest BCUT2D eigenvalue weighted by Crippen LogP contribution is 2.26. The van der Waals surface area contributed by atoms with E-state index in [1.54, 1.807) is 18.3 Å². The normalized spacial score (nSPS) is 11.0. The van der Waals surface area contributed by atoms with Crippen molar-refractivity contribution < 1.29 is 18.4 Å². The zero-order valence-corrected chi connectivity index (χ0v) is 20.0. The fraction of sp³-hybridized carbons (Fsp3) is 0.160. The molecule has 4 rings (SSSR count). The van der Waals surface area contributed by atoms with Gasteiger partial charge in [0.25, 0.3) is 5.91 Å². The van der Waals surface area contributed by atoms with Crippen LogP contribution in [0.1, 0.15) is 39.5 Å². The predicted molar refractivity (Wildman–Crippen MR) is 130 cm³/mol. The molecule has 0 spiro atoms. The lowest BCUT2D eigenvalue weighted by atomic mass is 10.0. The predicted octanol–water partition coefficient (Wildman–Crippen LogP) is 5.30. The maximum atomic E-state index is 14.6. The van der Waals surface area contributed by atoms with Crippen molar-refractivity contribution in [2.45, 2.75) is 26.4 Å². The molecule has 0 bridgehead atoms. The number of hydrogen-bond acceptors (Lipinski definition) is 3. The fourth-order valence-corrected chi connectivity index (χ4v) is 4.08. The molecule has 4 aromatic rings. The molecule has 2 aromatic carbocycles. The first-order valence-electron chi connectivity index (χ1n) is 10.6. The molecule has 3 N–H and O–H groups in total. The summed E-state index contributed by atoms with van der Waals surface area (Å²) in [6.07, 6.45) is 4.62. The van der Waals surface area contributed by atoms with Gasteiger partial charge in [-0.2, -0.15) is 0 Å². The number of fused-ring (bicyclic) bond motifs is 1. The molecule has 0 saturated carbocycles. The van der Waals surface area contributed by atoms with Crippen LogP contribution in [0.25, 0.3) is 10.9 Å². The Hall–Kier alpha value is -3.49. The molecule has 0 saturated heterocycles. The molecule has 0 aliphatic carbocycles. The van der Waals surface area contributed by atoms with Crippen molar-refractivity contribution in [3.05, 3.63) is 98.4 Å². The summed E-state index contributed by atoms with van der Waals surface area (Å²) in [6, 6.07) is 7.27. The van der Waals surface area contributed by atoms with E-state index in [0.717, 1.165) is 0 Å². The number of carbonyl (C=O) groups is 2. The van der Waals surface area contributed by atoms with E-state index in [4.69, 9.17) is 23.2 Å². The van der Waals surface area contributed by atoms with Gasteiger partial charge >= 0.3 is 0 Å². The van der Waals surface area contributed by atoms with Crippen LogP contribution >= 0.6 is 23.2 Å². The number of rotatable bonds is 7. The van der Waals surface area contributed by atoms with E-state index in [0.29, 0.717) is 37.6 Å². The van der Waals surface area contributed by atoms with E-state index in [9.17, 15) is 18.4 Å². The van der Waals surface area contributed by atoms with Crippen LogP contribution in [0.5, 0.6) is 0 Å². The number of halogens is 4. The number of carbonyl (C=O) groups excluding carboxylic acids is 2. The average Bonchev–Trinajstić information content (AvgIpc) is 3.17. The minimum Gasteiger partial charge on any atom is -0.360 e. The van der Waals surface area contributed by atoms with E-state index in [2.05, 4.69) is 20.6 Å². The number of nitrogens with one attached hydrogen (secondary N) is 3. The Kier molecular flexibility index (Phi) is 7.33. The van der Waals surface area contributed by atoms with E-state index < -0.39 is 17.5 Å². The molecule has 0 unspecified atom stereocenters. The lowest BCUT2D eigenvalue weighted by molar-refractivity contribution is -0.119. The first-order chi connectivity index (χ1) is 16.7. The SMILES string of the molecule is CC(=O)NCc1cc(F)c(Cc2cncc(C(=O)NCc3cc4c(Cl)c[nH]c4cc3F)c2)cc1Cl. The smallest absolute Gasteiger partial charge is 0.253 e. The molecule has 180 valence electrons. The van der Waals surface area contributed by atoms with Gasteiger partial charge in [0, 0.05) is 66.5 Å². The molecule has 6 nitrogen and oxygen atoms in total. The van der Waals surface area contributed by atoms with Crippen LogP contribution in [-0.2, 0) is 24.3 Å². The van der Waals surface area contributed by atoms with Crippen LogP contribution in [0.4, 0.5) is 8.78 Å². The maximum absolute atomic E-state index is 14.6. The lowest BCUT2D eigenvalue weighted by Crippen LogP contribution is -2.23. The largest absolute Gasteiger partial charge is 0.360 e. The third kappa shape index (κ3) is 5.78. The Morgan fingerprint density at radius 2 is 1.66 bits per heavy atom. The monoisotopic (exact) mass is 516 g/mol. The van der Waals surface area contributed by atoms with Gasteiger partial charge < -0.3 is 15.6 Å². The van der Waals surface area contributed by atoms with E-state index >= 15 is 0 Å². The lowest BCUT2D eigenvalue weighted by Gasteiger charge is -2.11. The van der Waals surface area contributed by atoms with Crippen molar-refractivity contribution in [1.82, 2.24) is 20.6 Å². The summed E-state index contributed by atoms with van der Waals surface area (Å²) in [5, 5.41) is 6.69. The van der Waals surface area contributed by atoms with Crippen LogP contribution in [-0.4, -0.2) is 21.8 Å². The molecular weight excluding hydrogens is 497 g/mol. The second-order valence-corrected chi connectivity index (χ2v) is 8.83. The second kappa shape index (κ2) is 10.4. The van der Waals surface area contributed by atoms with Gasteiger partial charge in [-0.3, -0.25) is 14.6 Å². The van der Waals surface area contributed by atoms with E-state index in [1.165, 1.54) is 37.5 Å². The summed E-state index contributed by atoms with van der Waals surface area (Å²) >= 11 is 12.3. The number of benzene rings is 2. The molecular formula is C25H20Cl2F2N4O2. The van der Waals surface area contributed by atoms with Crippen molar-refractivity contribution in [3.63, 3.8) is 0 Å². The third-order valence-electron chi connectivity index (χ3n) is 5.43. The summed E-state index contributed by atoms with van der Waals surface area (Å²) < 4.78 is 29.0. The van der Waals surface area contributed by atoms with Gasteiger partial charge in [0.2, 0.25) is 5.91 Å². The highest BCUT2D eigenvalue weighted by molar-refractivity contribution is 6.35. The van der Waals surface area contributed by atoms with Crippen molar-refractivity contribution in [2.75, 3.05) is 0 Å². The van der Waals surface area contributed by atoms with Gasteiger partial charge in [-0.1, -0.05) is 23.2 Å². The van der Waals surface area contributed by atoms with Crippen LogP contribution in [0, 0.1) is 11.6 Å². The molecule has 10 heteroatoms. The van der Waals surface area contributed by atoms with E-state index in [-0.39, 0.29) is 36.5 Å². The molecule has 35 heavy (non-hydrogen) atoms. The third-order valence-corrected chi connectivity index (χ3v) is 6.10. The number of hydrogen-bond donors (Lipinski definition) is 3.